The van der Waals surface area contributed by atoms with Crippen LogP contribution in [-0.4, -0.2) is 21.7 Å². The summed E-state index contributed by atoms with van der Waals surface area (Å²) in [6, 6.07) is 0. The molecule has 0 aliphatic rings. The SMILES string of the molecule is CCC(CN)Cc1nc(-c2cncs2)no1. The topological polar surface area (TPSA) is 77.8 Å². The van der Waals surface area contributed by atoms with Gasteiger partial charge in [0.1, 0.15) is 0 Å². The van der Waals surface area contributed by atoms with E-state index in [2.05, 4.69) is 22.0 Å². The maximum absolute atomic E-state index is 5.63. The van der Waals surface area contributed by atoms with Crippen LogP contribution >= 0.6 is 11.3 Å². The largest absolute Gasteiger partial charge is 0.339 e. The van der Waals surface area contributed by atoms with Crippen LogP contribution in [0.3, 0.4) is 0 Å². The molecule has 0 fully saturated rings. The molecule has 2 heterocycles. The molecule has 86 valence electrons. The van der Waals surface area contributed by atoms with Crippen molar-refractivity contribution in [1.82, 2.24) is 15.1 Å². The summed E-state index contributed by atoms with van der Waals surface area (Å²) >= 11 is 1.50. The molecule has 16 heavy (non-hydrogen) atoms. The van der Waals surface area contributed by atoms with Gasteiger partial charge in [0.05, 0.1) is 10.4 Å². The van der Waals surface area contributed by atoms with Crippen LogP contribution in [0, 0.1) is 5.92 Å². The van der Waals surface area contributed by atoms with Crippen LogP contribution in [0.1, 0.15) is 19.2 Å². The fraction of sp³-hybridized carbons (Fsp3) is 0.500. The molecule has 1 atom stereocenters. The molecule has 6 heteroatoms. The Morgan fingerprint density at radius 2 is 2.44 bits per heavy atom. The number of rotatable bonds is 5. The summed E-state index contributed by atoms with van der Waals surface area (Å²) in [7, 11) is 0. The molecule has 0 spiro atoms. The molecule has 2 rings (SSSR count). The maximum atomic E-state index is 5.63. The van der Waals surface area contributed by atoms with Crippen molar-refractivity contribution in [3.05, 3.63) is 17.6 Å². The van der Waals surface area contributed by atoms with Crippen LogP contribution in [0.2, 0.25) is 0 Å². The number of nitrogens with two attached hydrogens (primary N) is 1. The minimum atomic E-state index is 0.412. The predicted molar refractivity (Wildman–Crippen MR) is 61.9 cm³/mol. The van der Waals surface area contributed by atoms with Crippen LogP contribution in [0.4, 0.5) is 0 Å². The monoisotopic (exact) mass is 238 g/mol. The molecule has 2 N–H and O–H groups in total. The zero-order valence-corrected chi connectivity index (χ0v) is 9.91. The zero-order chi connectivity index (χ0) is 11.4. The van der Waals surface area contributed by atoms with Gasteiger partial charge < -0.3 is 10.3 Å². The number of hydrogen-bond acceptors (Lipinski definition) is 6. The van der Waals surface area contributed by atoms with Gasteiger partial charge in [0.2, 0.25) is 11.7 Å². The van der Waals surface area contributed by atoms with E-state index in [1.165, 1.54) is 11.3 Å². The van der Waals surface area contributed by atoms with Gasteiger partial charge in [-0.15, -0.1) is 11.3 Å². The number of aromatic nitrogens is 3. The Morgan fingerprint density at radius 1 is 1.56 bits per heavy atom. The van der Waals surface area contributed by atoms with Crippen molar-refractivity contribution in [2.75, 3.05) is 6.54 Å². The smallest absolute Gasteiger partial charge is 0.227 e. The summed E-state index contributed by atoms with van der Waals surface area (Å²) < 4.78 is 5.18. The number of hydrogen-bond donors (Lipinski definition) is 1. The molecule has 0 aromatic carbocycles. The minimum absolute atomic E-state index is 0.412. The van der Waals surface area contributed by atoms with Gasteiger partial charge in [0.15, 0.2) is 0 Å². The molecule has 0 aliphatic carbocycles. The Labute approximate surface area is 97.7 Å². The van der Waals surface area contributed by atoms with E-state index in [0.29, 0.717) is 24.2 Å². The first kappa shape index (κ1) is 11.2. The highest BCUT2D eigenvalue weighted by Crippen LogP contribution is 2.20. The Bertz CT molecular complexity index is 422. The zero-order valence-electron chi connectivity index (χ0n) is 9.09. The fourth-order valence-corrected chi connectivity index (χ4v) is 1.95. The van der Waals surface area contributed by atoms with Crippen molar-refractivity contribution in [3.63, 3.8) is 0 Å². The van der Waals surface area contributed by atoms with Crippen LogP contribution in [0.15, 0.2) is 16.2 Å². The average molecular weight is 238 g/mol. The molecular formula is C10H14N4OS. The predicted octanol–water partition coefficient (Wildman–Crippen LogP) is 1.72. The average Bonchev–Trinajstić information content (AvgIpc) is 2.96. The van der Waals surface area contributed by atoms with Crippen molar-refractivity contribution >= 4 is 11.3 Å². The van der Waals surface area contributed by atoms with E-state index in [1.54, 1.807) is 11.7 Å². The molecular weight excluding hydrogens is 224 g/mol. The lowest BCUT2D eigenvalue weighted by molar-refractivity contribution is 0.351. The lowest BCUT2D eigenvalue weighted by Crippen LogP contribution is -2.15. The van der Waals surface area contributed by atoms with E-state index in [0.717, 1.165) is 17.7 Å². The third kappa shape index (κ3) is 2.45. The summed E-state index contributed by atoms with van der Waals surface area (Å²) in [6.45, 7) is 2.76. The molecule has 0 saturated heterocycles. The molecule has 0 radical (unpaired) electrons. The molecule has 0 aliphatic heterocycles. The third-order valence-electron chi connectivity index (χ3n) is 2.49. The Kier molecular flexibility index (Phi) is 3.63. The van der Waals surface area contributed by atoms with Gasteiger partial charge in [-0.25, -0.2) is 0 Å². The first-order valence-corrected chi connectivity index (χ1v) is 6.13. The second kappa shape index (κ2) is 5.18. The van der Waals surface area contributed by atoms with Gasteiger partial charge in [0, 0.05) is 12.6 Å². The Hall–Kier alpha value is -1.27. The van der Waals surface area contributed by atoms with E-state index in [9.17, 15) is 0 Å². The van der Waals surface area contributed by atoms with E-state index in [1.807, 2.05) is 0 Å². The lowest BCUT2D eigenvalue weighted by Gasteiger charge is -2.07. The highest BCUT2D eigenvalue weighted by atomic mass is 32.1. The molecule has 0 amide bonds. The summed E-state index contributed by atoms with van der Waals surface area (Å²) in [5, 5.41) is 3.92. The fourth-order valence-electron chi connectivity index (χ4n) is 1.41. The van der Waals surface area contributed by atoms with Crippen LogP contribution in [-0.2, 0) is 6.42 Å². The van der Waals surface area contributed by atoms with Crippen molar-refractivity contribution in [3.8, 4) is 10.7 Å². The van der Waals surface area contributed by atoms with Crippen LogP contribution in [0.25, 0.3) is 10.7 Å². The van der Waals surface area contributed by atoms with E-state index >= 15 is 0 Å². The quantitative estimate of drug-likeness (QED) is 0.858. The molecule has 0 bridgehead atoms. The van der Waals surface area contributed by atoms with Crippen molar-refractivity contribution in [2.24, 2.45) is 11.7 Å². The maximum Gasteiger partial charge on any atom is 0.227 e. The van der Waals surface area contributed by atoms with Crippen molar-refractivity contribution in [2.45, 2.75) is 19.8 Å². The highest BCUT2D eigenvalue weighted by molar-refractivity contribution is 7.13. The molecule has 1 unspecified atom stereocenters. The van der Waals surface area contributed by atoms with Crippen molar-refractivity contribution < 1.29 is 4.52 Å². The standard InChI is InChI=1S/C10H14N4OS/c1-2-7(4-11)3-9-13-10(14-15-9)8-5-12-6-16-8/h5-7H,2-4,11H2,1H3. The summed E-state index contributed by atoms with van der Waals surface area (Å²) in [6.07, 6.45) is 3.51. The summed E-state index contributed by atoms with van der Waals surface area (Å²) in [4.78, 5) is 9.23. The van der Waals surface area contributed by atoms with Gasteiger partial charge in [-0.3, -0.25) is 4.98 Å². The molecule has 5 nitrogen and oxygen atoms in total. The summed E-state index contributed by atoms with van der Waals surface area (Å²) in [5.41, 5.74) is 7.38. The summed E-state index contributed by atoms with van der Waals surface area (Å²) in [5.74, 6) is 1.68. The number of nitrogens with zero attached hydrogens (tertiary/aromatic N) is 3. The number of thiazole rings is 1. The second-order valence-electron chi connectivity index (χ2n) is 3.59. The first-order chi connectivity index (χ1) is 7.83. The lowest BCUT2D eigenvalue weighted by atomic mass is 10.0. The Balaban J connectivity index is 2.08. The van der Waals surface area contributed by atoms with E-state index in [4.69, 9.17) is 10.3 Å². The molecule has 0 saturated carbocycles. The van der Waals surface area contributed by atoms with Crippen molar-refractivity contribution in [1.29, 1.82) is 0 Å². The van der Waals surface area contributed by atoms with Crippen LogP contribution in [0.5, 0.6) is 0 Å². The van der Waals surface area contributed by atoms with E-state index < -0.39 is 0 Å². The van der Waals surface area contributed by atoms with Gasteiger partial charge >= 0.3 is 0 Å². The van der Waals surface area contributed by atoms with Gasteiger partial charge in [-0.2, -0.15) is 4.98 Å². The third-order valence-corrected chi connectivity index (χ3v) is 3.26. The van der Waals surface area contributed by atoms with Gasteiger partial charge in [-0.05, 0) is 12.5 Å². The Morgan fingerprint density at radius 3 is 3.06 bits per heavy atom. The molecule has 2 aromatic rings. The molecule has 2 aromatic heterocycles. The first-order valence-electron chi connectivity index (χ1n) is 5.25. The second-order valence-corrected chi connectivity index (χ2v) is 4.48. The van der Waals surface area contributed by atoms with Crippen LogP contribution < -0.4 is 5.73 Å². The van der Waals surface area contributed by atoms with E-state index in [-0.39, 0.29) is 0 Å². The minimum Gasteiger partial charge on any atom is -0.339 e. The highest BCUT2D eigenvalue weighted by Gasteiger charge is 2.13. The normalized spacial score (nSPS) is 12.9. The van der Waals surface area contributed by atoms with Gasteiger partial charge in [0.25, 0.3) is 0 Å². The van der Waals surface area contributed by atoms with Gasteiger partial charge in [-0.1, -0.05) is 18.5 Å².